The quantitative estimate of drug-likeness (QED) is 0.707. The van der Waals surface area contributed by atoms with Crippen molar-refractivity contribution in [1.82, 2.24) is 4.90 Å². The first-order valence-corrected chi connectivity index (χ1v) is 4.42. The SMILES string of the molecule is Br.FC1(F)CCN(CCBr)C1. The van der Waals surface area contributed by atoms with E-state index < -0.39 is 5.92 Å². The van der Waals surface area contributed by atoms with Gasteiger partial charge in [-0.25, -0.2) is 8.78 Å². The van der Waals surface area contributed by atoms with Gasteiger partial charge in [-0.05, 0) is 0 Å². The van der Waals surface area contributed by atoms with Crippen LogP contribution in [0.15, 0.2) is 0 Å². The summed E-state index contributed by atoms with van der Waals surface area (Å²) in [6, 6.07) is 0. The molecule has 1 aliphatic heterocycles. The highest BCUT2D eigenvalue weighted by Gasteiger charge is 2.37. The minimum Gasteiger partial charge on any atom is -0.296 e. The van der Waals surface area contributed by atoms with Crippen LogP contribution in [0.4, 0.5) is 8.78 Å². The van der Waals surface area contributed by atoms with Gasteiger partial charge in [-0.1, -0.05) is 15.9 Å². The van der Waals surface area contributed by atoms with Crippen molar-refractivity contribution >= 4 is 32.9 Å². The minimum absolute atomic E-state index is 0. The molecule has 0 amide bonds. The van der Waals surface area contributed by atoms with Gasteiger partial charge in [0.2, 0.25) is 0 Å². The first-order valence-electron chi connectivity index (χ1n) is 3.30. The Morgan fingerprint density at radius 3 is 2.45 bits per heavy atom. The lowest BCUT2D eigenvalue weighted by molar-refractivity contribution is 0.0128. The van der Waals surface area contributed by atoms with Crippen molar-refractivity contribution < 1.29 is 8.78 Å². The van der Waals surface area contributed by atoms with E-state index in [-0.39, 0.29) is 29.9 Å². The lowest BCUT2D eigenvalue weighted by atomic mass is 10.3. The molecule has 1 heterocycles. The van der Waals surface area contributed by atoms with Crippen molar-refractivity contribution in [3.05, 3.63) is 0 Å². The molecule has 1 saturated heterocycles. The molecule has 0 atom stereocenters. The molecule has 0 aromatic heterocycles. The van der Waals surface area contributed by atoms with Crippen LogP contribution in [0.5, 0.6) is 0 Å². The molecule has 11 heavy (non-hydrogen) atoms. The number of rotatable bonds is 2. The molecule has 0 unspecified atom stereocenters. The second-order valence-electron chi connectivity index (χ2n) is 2.57. The van der Waals surface area contributed by atoms with Gasteiger partial charge in [0.1, 0.15) is 0 Å². The van der Waals surface area contributed by atoms with E-state index in [4.69, 9.17) is 0 Å². The van der Waals surface area contributed by atoms with Gasteiger partial charge in [0.05, 0.1) is 6.54 Å². The lowest BCUT2D eigenvalue weighted by Crippen LogP contribution is -2.26. The van der Waals surface area contributed by atoms with Crippen LogP contribution < -0.4 is 0 Å². The zero-order valence-corrected chi connectivity index (χ0v) is 9.32. The van der Waals surface area contributed by atoms with Gasteiger partial charge in [0, 0.05) is 24.8 Å². The van der Waals surface area contributed by atoms with Gasteiger partial charge in [-0.15, -0.1) is 17.0 Å². The third-order valence-electron chi connectivity index (χ3n) is 1.65. The molecule has 68 valence electrons. The number of likely N-dealkylation sites (tertiary alicyclic amines) is 1. The second-order valence-corrected chi connectivity index (χ2v) is 3.36. The summed E-state index contributed by atoms with van der Waals surface area (Å²) in [6.45, 7) is 1.22. The molecule has 0 saturated carbocycles. The van der Waals surface area contributed by atoms with Crippen molar-refractivity contribution in [2.75, 3.05) is 25.0 Å². The maximum absolute atomic E-state index is 12.5. The summed E-state index contributed by atoms with van der Waals surface area (Å²) in [7, 11) is 0. The fourth-order valence-electron chi connectivity index (χ4n) is 1.12. The zero-order chi connectivity index (χ0) is 7.61. The first kappa shape index (κ1) is 11.8. The average molecular weight is 295 g/mol. The summed E-state index contributed by atoms with van der Waals surface area (Å²) in [6.07, 6.45) is 0.0278. The van der Waals surface area contributed by atoms with Gasteiger partial charge >= 0.3 is 0 Å². The predicted octanol–water partition coefficient (Wildman–Crippen LogP) is 2.30. The summed E-state index contributed by atoms with van der Waals surface area (Å²) in [4.78, 5) is 1.77. The van der Waals surface area contributed by atoms with E-state index in [9.17, 15) is 8.78 Å². The Bertz CT molecular complexity index is 121. The first-order chi connectivity index (χ1) is 4.64. The van der Waals surface area contributed by atoms with E-state index in [0.717, 1.165) is 11.9 Å². The molecular weight excluding hydrogens is 284 g/mol. The van der Waals surface area contributed by atoms with Crippen LogP contribution in [0.2, 0.25) is 0 Å². The molecule has 1 nitrogen and oxygen atoms in total. The number of alkyl halides is 3. The van der Waals surface area contributed by atoms with Crippen LogP contribution in [0.25, 0.3) is 0 Å². The van der Waals surface area contributed by atoms with Crippen LogP contribution in [-0.2, 0) is 0 Å². The Balaban J connectivity index is 0.000001000. The molecule has 0 radical (unpaired) electrons. The molecule has 0 aromatic rings. The standard InChI is InChI=1S/C6H10BrF2N.BrH/c7-2-4-10-3-1-6(8,9)5-10;/h1-5H2;1H. The van der Waals surface area contributed by atoms with E-state index in [1.54, 1.807) is 4.90 Å². The molecule has 0 N–H and O–H groups in total. The molecule has 5 heteroatoms. The van der Waals surface area contributed by atoms with Crippen molar-refractivity contribution in [3.8, 4) is 0 Å². The van der Waals surface area contributed by atoms with Gasteiger partial charge in [0.15, 0.2) is 0 Å². The molecule has 1 aliphatic rings. The van der Waals surface area contributed by atoms with Crippen molar-refractivity contribution in [1.29, 1.82) is 0 Å². The number of hydrogen-bond donors (Lipinski definition) is 0. The third kappa shape index (κ3) is 3.80. The van der Waals surface area contributed by atoms with Crippen LogP contribution >= 0.6 is 32.9 Å². The Labute approximate surface area is 84.0 Å². The topological polar surface area (TPSA) is 3.24 Å². The van der Waals surface area contributed by atoms with Gasteiger partial charge in [-0.3, -0.25) is 4.90 Å². The molecule has 0 bridgehead atoms. The maximum atomic E-state index is 12.5. The summed E-state index contributed by atoms with van der Waals surface area (Å²) >= 11 is 3.21. The lowest BCUT2D eigenvalue weighted by Gasteiger charge is -2.12. The molecule has 0 aromatic carbocycles. The zero-order valence-electron chi connectivity index (χ0n) is 6.02. The average Bonchev–Trinajstić information content (AvgIpc) is 2.12. The molecular formula is C6H11Br2F2N. The monoisotopic (exact) mass is 293 g/mol. The summed E-state index contributed by atoms with van der Waals surface area (Å²) in [5.74, 6) is -2.43. The largest absolute Gasteiger partial charge is 0.296 e. The Morgan fingerprint density at radius 2 is 2.09 bits per heavy atom. The highest BCUT2D eigenvalue weighted by molar-refractivity contribution is 9.09. The summed E-state index contributed by atoms with van der Waals surface area (Å²) < 4.78 is 24.9. The van der Waals surface area contributed by atoms with Crippen molar-refractivity contribution in [2.24, 2.45) is 0 Å². The third-order valence-corrected chi connectivity index (χ3v) is 2.00. The van der Waals surface area contributed by atoms with Crippen molar-refractivity contribution in [3.63, 3.8) is 0 Å². The fraction of sp³-hybridized carbons (Fsp3) is 1.00. The highest BCUT2D eigenvalue weighted by atomic mass is 79.9. The van der Waals surface area contributed by atoms with E-state index in [1.807, 2.05) is 0 Å². The maximum Gasteiger partial charge on any atom is 0.261 e. The van der Waals surface area contributed by atoms with E-state index in [1.165, 1.54) is 0 Å². The Morgan fingerprint density at radius 1 is 1.45 bits per heavy atom. The van der Waals surface area contributed by atoms with Gasteiger partial charge < -0.3 is 0 Å². The van der Waals surface area contributed by atoms with Crippen LogP contribution in [0.1, 0.15) is 6.42 Å². The van der Waals surface area contributed by atoms with E-state index in [0.29, 0.717) is 6.54 Å². The molecule has 1 fully saturated rings. The van der Waals surface area contributed by atoms with E-state index >= 15 is 0 Å². The normalized spacial score (nSPS) is 23.2. The summed E-state index contributed by atoms with van der Waals surface area (Å²) in [5.41, 5.74) is 0. The second kappa shape index (κ2) is 4.72. The number of halogens is 4. The summed E-state index contributed by atoms with van der Waals surface area (Å²) in [5, 5.41) is 0.781. The number of hydrogen-bond acceptors (Lipinski definition) is 1. The van der Waals surface area contributed by atoms with Gasteiger partial charge in [0.25, 0.3) is 5.92 Å². The van der Waals surface area contributed by atoms with Crippen LogP contribution in [0.3, 0.4) is 0 Å². The van der Waals surface area contributed by atoms with Crippen LogP contribution in [0, 0.1) is 0 Å². The Kier molecular flexibility index (Phi) is 5.05. The van der Waals surface area contributed by atoms with E-state index in [2.05, 4.69) is 15.9 Å². The number of nitrogens with zero attached hydrogens (tertiary/aromatic N) is 1. The molecule has 0 aliphatic carbocycles. The van der Waals surface area contributed by atoms with Crippen molar-refractivity contribution in [2.45, 2.75) is 12.3 Å². The Hall–Kier alpha value is 0.780. The highest BCUT2D eigenvalue weighted by Crippen LogP contribution is 2.26. The van der Waals surface area contributed by atoms with Gasteiger partial charge in [-0.2, -0.15) is 0 Å². The molecule has 0 spiro atoms. The fourth-order valence-corrected chi connectivity index (χ4v) is 1.62. The predicted molar refractivity (Wildman–Crippen MR) is 50.1 cm³/mol. The molecule has 1 rings (SSSR count). The smallest absolute Gasteiger partial charge is 0.261 e. The minimum atomic E-state index is -2.43. The van der Waals surface area contributed by atoms with Crippen LogP contribution in [-0.4, -0.2) is 35.8 Å².